The van der Waals surface area contributed by atoms with E-state index in [1.54, 1.807) is 7.11 Å². The van der Waals surface area contributed by atoms with Gasteiger partial charge in [-0.15, -0.1) is 0 Å². The standard InChI is InChI=1S/C13H28N2O/c1-12(2)13(11-16-3)14-7-10-15-8-5-4-6-9-15/h12-14H,4-11H2,1-3H3. The molecule has 1 atom stereocenters. The largest absolute Gasteiger partial charge is 0.383 e. The van der Waals surface area contributed by atoms with Crippen molar-refractivity contribution in [2.24, 2.45) is 5.92 Å². The quantitative estimate of drug-likeness (QED) is 0.718. The van der Waals surface area contributed by atoms with Crippen molar-refractivity contribution in [1.82, 2.24) is 10.2 Å². The fourth-order valence-corrected chi connectivity index (χ4v) is 2.26. The molecule has 0 bridgehead atoms. The lowest BCUT2D eigenvalue weighted by molar-refractivity contribution is 0.142. The molecule has 1 saturated heterocycles. The summed E-state index contributed by atoms with van der Waals surface area (Å²) in [4.78, 5) is 2.57. The van der Waals surface area contributed by atoms with Crippen molar-refractivity contribution in [1.29, 1.82) is 0 Å². The fourth-order valence-electron chi connectivity index (χ4n) is 2.26. The lowest BCUT2D eigenvalue weighted by Crippen LogP contribution is -2.43. The van der Waals surface area contributed by atoms with Gasteiger partial charge in [0.05, 0.1) is 6.61 Å². The van der Waals surface area contributed by atoms with Crippen LogP contribution >= 0.6 is 0 Å². The molecule has 96 valence electrons. The minimum Gasteiger partial charge on any atom is -0.383 e. The highest BCUT2D eigenvalue weighted by atomic mass is 16.5. The molecule has 1 aliphatic rings. The zero-order chi connectivity index (χ0) is 11.8. The van der Waals surface area contributed by atoms with Gasteiger partial charge in [0.2, 0.25) is 0 Å². The van der Waals surface area contributed by atoms with Gasteiger partial charge in [-0.05, 0) is 31.8 Å². The third kappa shape index (κ3) is 5.28. The first-order chi connectivity index (χ1) is 7.74. The molecule has 0 aromatic rings. The molecule has 1 fully saturated rings. The van der Waals surface area contributed by atoms with Gasteiger partial charge in [0.25, 0.3) is 0 Å². The smallest absolute Gasteiger partial charge is 0.0618 e. The molecule has 1 unspecified atom stereocenters. The topological polar surface area (TPSA) is 24.5 Å². The Labute approximate surface area is 101 Å². The summed E-state index contributed by atoms with van der Waals surface area (Å²) >= 11 is 0. The van der Waals surface area contributed by atoms with Crippen molar-refractivity contribution in [3.05, 3.63) is 0 Å². The van der Waals surface area contributed by atoms with Crippen LogP contribution in [0, 0.1) is 5.92 Å². The summed E-state index contributed by atoms with van der Waals surface area (Å²) in [6, 6.07) is 0.495. The van der Waals surface area contributed by atoms with Gasteiger partial charge in [-0.25, -0.2) is 0 Å². The number of methoxy groups -OCH3 is 1. The summed E-state index contributed by atoms with van der Waals surface area (Å²) in [6.45, 7) is 10.2. The number of piperidine rings is 1. The second-order valence-electron chi connectivity index (χ2n) is 5.16. The van der Waals surface area contributed by atoms with E-state index in [1.807, 2.05) is 0 Å². The van der Waals surface area contributed by atoms with Crippen molar-refractivity contribution in [2.75, 3.05) is 39.9 Å². The molecule has 1 N–H and O–H groups in total. The number of nitrogens with zero attached hydrogens (tertiary/aromatic N) is 1. The first kappa shape index (κ1) is 13.9. The van der Waals surface area contributed by atoms with Crippen LogP contribution in [-0.4, -0.2) is 50.8 Å². The third-order valence-corrected chi connectivity index (χ3v) is 3.43. The molecule has 0 saturated carbocycles. The second kappa shape index (κ2) is 8.04. The molecule has 0 amide bonds. The van der Waals surface area contributed by atoms with E-state index < -0.39 is 0 Å². The van der Waals surface area contributed by atoms with E-state index in [-0.39, 0.29) is 0 Å². The van der Waals surface area contributed by atoms with Gasteiger partial charge in [-0.3, -0.25) is 0 Å². The van der Waals surface area contributed by atoms with Crippen LogP contribution in [0.4, 0.5) is 0 Å². The van der Waals surface area contributed by atoms with Crippen LogP contribution in [-0.2, 0) is 4.74 Å². The maximum Gasteiger partial charge on any atom is 0.0618 e. The minimum absolute atomic E-state index is 0.495. The molecule has 3 heteroatoms. The Morgan fingerprint density at radius 3 is 2.44 bits per heavy atom. The Morgan fingerprint density at radius 2 is 1.88 bits per heavy atom. The number of nitrogens with one attached hydrogen (secondary N) is 1. The summed E-state index contributed by atoms with van der Waals surface area (Å²) in [5.74, 6) is 0.640. The molecule has 0 aromatic heterocycles. The molecule has 0 aromatic carbocycles. The Bertz CT molecular complexity index is 167. The van der Waals surface area contributed by atoms with Crippen molar-refractivity contribution in [2.45, 2.75) is 39.2 Å². The predicted octanol–water partition coefficient (Wildman–Crippen LogP) is 1.73. The van der Waals surface area contributed by atoms with Gasteiger partial charge in [-0.1, -0.05) is 20.3 Å². The third-order valence-electron chi connectivity index (χ3n) is 3.43. The normalized spacial score (nSPS) is 20.2. The highest BCUT2D eigenvalue weighted by Crippen LogP contribution is 2.07. The Balaban J connectivity index is 2.11. The zero-order valence-corrected chi connectivity index (χ0v) is 11.2. The summed E-state index contributed by atoms with van der Waals surface area (Å²) in [5, 5.41) is 3.60. The average molecular weight is 228 g/mol. The first-order valence-electron chi connectivity index (χ1n) is 6.68. The predicted molar refractivity (Wildman–Crippen MR) is 68.8 cm³/mol. The fraction of sp³-hybridized carbons (Fsp3) is 1.00. The first-order valence-corrected chi connectivity index (χ1v) is 6.68. The Morgan fingerprint density at radius 1 is 1.19 bits per heavy atom. The van der Waals surface area contributed by atoms with Gasteiger partial charge in [0.15, 0.2) is 0 Å². The van der Waals surface area contributed by atoms with Crippen molar-refractivity contribution >= 4 is 0 Å². The highest BCUT2D eigenvalue weighted by Gasteiger charge is 2.13. The van der Waals surface area contributed by atoms with Crippen LogP contribution in [0.5, 0.6) is 0 Å². The van der Waals surface area contributed by atoms with Crippen molar-refractivity contribution in [3.63, 3.8) is 0 Å². The summed E-state index contributed by atoms with van der Waals surface area (Å²) < 4.78 is 5.23. The van der Waals surface area contributed by atoms with Gasteiger partial charge >= 0.3 is 0 Å². The maximum atomic E-state index is 5.23. The molecule has 1 heterocycles. The van der Waals surface area contributed by atoms with Crippen LogP contribution in [0.3, 0.4) is 0 Å². The van der Waals surface area contributed by atoms with Gasteiger partial charge in [0.1, 0.15) is 0 Å². The van der Waals surface area contributed by atoms with Crippen molar-refractivity contribution < 1.29 is 4.74 Å². The van der Waals surface area contributed by atoms with Crippen LogP contribution < -0.4 is 5.32 Å². The van der Waals surface area contributed by atoms with Gasteiger partial charge < -0.3 is 15.0 Å². The average Bonchev–Trinajstić information content (AvgIpc) is 2.29. The summed E-state index contributed by atoms with van der Waals surface area (Å²) in [6.07, 6.45) is 4.18. The van der Waals surface area contributed by atoms with Crippen LogP contribution in [0.1, 0.15) is 33.1 Å². The van der Waals surface area contributed by atoms with Gasteiger partial charge in [0, 0.05) is 26.2 Å². The van der Waals surface area contributed by atoms with Crippen LogP contribution in [0.25, 0.3) is 0 Å². The zero-order valence-electron chi connectivity index (χ0n) is 11.2. The molecule has 0 spiro atoms. The molecular formula is C13H28N2O. The molecule has 1 aliphatic heterocycles. The lowest BCUT2D eigenvalue weighted by atomic mass is 10.1. The minimum atomic E-state index is 0.495. The number of hydrogen-bond donors (Lipinski definition) is 1. The maximum absolute atomic E-state index is 5.23. The molecule has 3 nitrogen and oxygen atoms in total. The van der Waals surface area contributed by atoms with E-state index in [2.05, 4.69) is 24.1 Å². The van der Waals surface area contributed by atoms with Crippen molar-refractivity contribution in [3.8, 4) is 0 Å². The number of likely N-dealkylation sites (tertiary alicyclic amines) is 1. The van der Waals surface area contributed by atoms with E-state index in [9.17, 15) is 0 Å². The second-order valence-corrected chi connectivity index (χ2v) is 5.16. The van der Waals surface area contributed by atoms with E-state index in [0.717, 1.165) is 13.2 Å². The van der Waals surface area contributed by atoms with E-state index >= 15 is 0 Å². The highest BCUT2D eigenvalue weighted by molar-refractivity contribution is 4.72. The Kier molecular flexibility index (Phi) is 7.01. The van der Waals surface area contributed by atoms with E-state index in [1.165, 1.54) is 38.9 Å². The van der Waals surface area contributed by atoms with Gasteiger partial charge in [-0.2, -0.15) is 0 Å². The lowest BCUT2D eigenvalue weighted by Gasteiger charge is -2.28. The van der Waals surface area contributed by atoms with Crippen LogP contribution in [0.15, 0.2) is 0 Å². The monoisotopic (exact) mass is 228 g/mol. The van der Waals surface area contributed by atoms with E-state index in [0.29, 0.717) is 12.0 Å². The SMILES string of the molecule is COCC(NCCN1CCCCC1)C(C)C. The summed E-state index contributed by atoms with van der Waals surface area (Å²) in [7, 11) is 1.78. The van der Waals surface area contributed by atoms with Crippen LogP contribution in [0.2, 0.25) is 0 Å². The molecular weight excluding hydrogens is 200 g/mol. The molecule has 0 aliphatic carbocycles. The van der Waals surface area contributed by atoms with E-state index in [4.69, 9.17) is 4.74 Å². The molecule has 1 rings (SSSR count). The molecule has 16 heavy (non-hydrogen) atoms. The number of ether oxygens (including phenoxy) is 1. The number of rotatable bonds is 7. The molecule has 0 radical (unpaired) electrons. The number of hydrogen-bond acceptors (Lipinski definition) is 3. The Hall–Kier alpha value is -0.120. The summed E-state index contributed by atoms with van der Waals surface area (Å²) in [5.41, 5.74) is 0.